The van der Waals surface area contributed by atoms with Crippen LogP contribution in [0.3, 0.4) is 0 Å². The third-order valence-corrected chi connectivity index (χ3v) is 2.53. The van der Waals surface area contributed by atoms with Crippen molar-refractivity contribution in [2.75, 3.05) is 6.54 Å². The summed E-state index contributed by atoms with van der Waals surface area (Å²) in [6.45, 7) is 4.40. The Hall–Kier alpha value is -1.75. The van der Waals surface area contributed by atoms with E-state index >= 15 is 0 Å². The average Bonchev–Trinajstić information content (AvgIpc) is 2.27. The van der Waals surface area contributed by atoms with Crippen LogP contribution in [0.4, 0.5) is 0 Å². The monoisotopic (exact) mass is 215 g/mol. The van der Waals surface area contributed by atoms with Crippen LogP contribution in [0.2, 0.25) is 0 Å². The molecular formula is C14H17NO. The summed E-state index contributed by atoms with van der Waals surface area (Å²) in [6.07, 6.45) is 5.55. The Morgan fingerprint density at radius 3 is 2.62 bits per heavy atom. The van der Waals surface area contributed by atoms with Crippen LogP contribution in [0.5, 0.6) is 0 Å². The molecule has 1 unspecified atom stereocenters. The standard InChI is InChI=1S/C14H17NO/c1-4-9-15-14(16)10-12(3)13-7-5-11(2)6-8-13/h1,5-8,12H,9-10H2,2-3H3,(H,15,16). The highest BCUT2D eigenvalue weighted by molar-refractivity contribution is 5.77. The Labute approximate surface area is 97.1 Å². The highest BCUT2D eigenvalue weighted by Gasteiger charge is 2.10. The number of hydrogen-bond acceptors (Lipinski definition) is 1. The van der Waals surface area contributed by atoms with Crippen molar-refractivity contribution in [3.8, 4) is 12.3 Å². The molecule has 0 saturated heterocycles. The van der Waals surface area contributed by atoms with E-state index in [1.165, 1.54) is 11.1 Å². The van der Waals surface area contributed by atoms with Crippen LogP contribution in [-0.2, 0) is 4.79 Å². The summed E-state index contributed by atoms with van der Waals surface area (Å²) in [4.78, 5) is 11.4. The summed E-state index contributed by atoms with van der Waals surface area (Å²) in [5.41, 5.74) is 2.41. The van der Waals surface area contributed by atoms with Crippen LogP contribution in [-0.4, -0.2) is 12.5 Å². The van der Waals surface area contributed by atoms with E-state index in [0.717, 1.165) is 0 Å². The number of aryl methyl sites for hydroxylation is 1. The van der Waals surface area contributed by atoms with Gasteiger partial charge in [-0.15, -0.1) is 6.42 Å². The van der Waals surface area contributed by atoms with E-state index < -0.39 is 0 Å². The topological polar surface area (TPSA) is 29.1 Å². The molecule has 1 amide bonds. The van der Waals surface area contributed by atoms with E-state index in [-0.39, 0.29) is 11.8 Å². The van der Waals surface area contributed by atoms with E-state index in [1.54, 1.807) is 0 Å². The van der Waals surface area contributed by atoms with Crippen molar-refractivity contribution in [2.45, 2.75) is 26.2 Å². The van der Waals surface area contributed by atoms with Gasteiger partial charge in [0.1, 0.15) is 0 Å². The summed E-state index contributed by atoms with van der Waals surface area (Å²) in [5, 5.41) is 2.67. The second-order valence-corrected chi connectivity index (χ2v) is 4.00. The lowest BCUT2D eigenvalue weighted by atomic mass is 9.96. The highest BCUT2D eigenvalue weighted by atomic mass is 16.1. The molecule has 0 aromatic heterocycles. The summed E-state index contributed by atoms with van der Waals surface area (Å²) in [7, 11) is 0. The van der Waals surface area contributed by atoms with Crippen molar-refractivity contribution in [1.82, 2.24) is 5.32 Å². The average molecular weight is 215 g/mol. The first-order valence-electron chi connectivity index (χ1n) is 5.40. The lowest BCUT2D eigenvalue weighted by molar-refractivity contribution is -0.121. The van der Waals surface area contributed by atoms with Gasteiger partial charge in [0.2, 0.25) is 5.91 Å². The van der Waals surface area contributed by atoms with Crippen LogP contribution >= 0.6 is 0 Å². The van der Waals surface area contributed by atoms with Crippen LogP contribution in [0, 0.1) is 19.3 Å². The van der Waals surface area contributed by atoms with Gasteiger partial charge in [0, 0.05) is 6.42 Å². The lowest BCUT2D eigenvalue weighted by Crippen LogP contribution is -2.24. The van der Waals surface area contributed by atoms with Crippen molar-refractivity contribution in [1.29, 1.82) is 0 Å². The molecule has 1 aromatic carbocycles. The van der Waals surface area contributed by atoms with Gasteiger partial charge < -0.3 is 5.32 Å². The first kappa shape index (κ1) is 12.3. The number of carbonyl (C=O) groups excluding carboxylic acids is 1. The van der Waals surface area contributed by atoms with Gasteiger partial charge in [-0.05, 0) is 18.4 Å². The fourth-order valence-electron chi connectivity index (χ4n) is 1.51. The number of hydrogen-bond donors (Lipinski definition) is 1. The van der Waals surface area contributed by atoms with Crippen molar-refractivity contribution >= 4 is 5.91 Å². The Kier molecular flexibility index (Phi) is 4.60. The predicted octanol–water partition coefficient (Wildman–Crippen LogP) is 2.24. The first-order valence-corrected chi connectivity index (χ1v) is 5.40. The molecular weight excluding hydrogens is 198 g/mol. The van der Waals surface area contributed by atoms with Crippen LogP contribution in [0.1, 0.15) is 30.4 Å². The zero-order valence-corrected chi connectivity index (χ0v) is 9.79. The molecule has 0 saturated carbocycles. The van der Waals surface area contributed by atoms with Crippen molar-refractivity contribution < 1.29 is 4.79 Å². The van der Waals surface area contributed by atoms with Crippen LogP contribution in [0.25, 0.3) is 0 Å². The van der Waals surface area contributed by atoms with Gasteiger partial charge in [-0.25, -0.2) is 0 Å². The maximum Gasteiger partial charge on any atom is 0.221 e. The largest absolute Gasteiger partial charge is 0.345 e. The molecule has 0 heterocycles. The minimum atomic E-state index is 0.00558. The van der Waals surface area contributed by atoms with Gasteiger partial charge >= 0.3 is 0 Å². The van der Waals surface area contributed by atoms with Gasteiger partial charge in [-0.1, -0.05) is 42.7 Å². The summed E-state index contributed by atoms with van der Waals surface area (Å²) in [5.74, 6) is 2.61. The maximum atomic E-state index is 11.4. The smallest absolute Gasteiger partial charge is 0.221 e. The van der Waals surface area contributed by atoms with Gasteiger partial charge in [0.15, 0.2) is 0 Å². The summed E-state index contributed by atoms with van der Waals surface area (Å²) in [6, 6.07) is 8.25. The van der Waals surface area contributed by atoms with E-state index in [4.69, 9.17) is 6.42 Å². The predicted molar refractivity (Wildman–Crippen MR) is 66.1 cm³/mol. The molecule has 2 nitrogen and oxygen atoms in total. The third-order valence-electron chi connectivity index (χ3n) is 2.53. The van der Waals surface area contributed by atoms with Crippen LogP contribution < -0.4 is 5.32 Å². The Bertz CT molecular complexity index is 386. The zero-order valence-electron chi connectivity index (χ0n) is 9.79. The molecule has 1 atom stereocenters. The molecule has 0 aliphatic rings. The zero-order chi connectivity index (χ0) is 12.0. The molecule has 16 heavy (non-hydrogen) atoms. The highest BCUT2D eigenvalue weighted by Crippen LogP contribution is 2.18. The molecule has 0 spiro atoms. The second kappa shape index (κ2) is 5.97. The number of amides is 1. The lowest BCUT2D eigenvalue weighted by Gasteiger charge is -2.11. The maximum absolute atomic E-state index is 11.4. The third kappa shape index (κ3) is 3.78. The molecule has 0 radical (unpaired) electrons. The quantitative estimate of drug-likeness (QED) is 0.767. The number of rotatable bonds is 4. The minimum Gasteiger partial charge on any atom is -0.345 e. The number of benzene rings is 1. The molecule has 2 heteroatoms. The van der Waals surface area contributed by atoms with Gasteiger partial charge in [-0.3, -0.25) is 4.79 Å². The summed E-state index contributed by atoms with van der Waals surface area (Å²) < 4.78 is 0. The molecule has 1 aromatic rings. The minimum absolute atomic E-state index is 0.00558. The summed E-state index contributed by atoms with van der Waals surface area (Å²) >= 11 is 0. The molecule has 0 aliphatic heterocycles. The van der Waals surface area contributed by atoms with E-state index in [2.05, 4.69) is 35.5 Å². The molecule has 84 valence electrons. The Morgan fingerprint density at radius 2 is 2.06 bits per heavy atom. The van der Waals surface area contributed by atoms with E-state index in [9.17, 15) is 4.79 Å². The molecule has 1 rings (SSSR count). The van der Waals surface area contributed by atoms with E-state index in [0.29, 0.717) is 13.0 Å². The fourth-order valence-corrected chi connectivity index (χ4v) is 1.51. The first-order chi connectivity index (χ1) is 7.63. The number of carbonyl (C=O) groups is 1. The Morgan fingerprint density at radius 1 is 1.44 bits per heavy atom. The molecule has 0 bridgehead atoms. The van der Waals surface area contributed by atoms with Gasteiger partial charge in [0.25, 0.3) is 0 Å². The van der Waals surface area contributed by atoms with Gasteiger partial charge in [-0.2, -0.15) is 0 Å². The van der Waals surface area contributed by atoms with Crippen LogP contribution in [0.15, 0.2) is 24.3 Å². The molecule has 0 fully saturated rings. The second-order valence-electron chi connectivity index (χ2n) is 4.00. The van der Waals surface area contributed by atoms with E-state index in [1.807, 2.05) is 13.8 Å². The van der Waals surface area contributed by atoms with Crippen molar-refractivity contribution in [3.63, 3.8) is 0 Å². The van der Waals surface area contributed by atoms with Gasteiger partial charge in [0.05, 0.1) is 6.54 Å². The molecule has 0 aliphatic carbocycles. The SMILES string of the molecule is C#CCNC(=O)CC(C)c1ccc(C)cc1. The number of terminal acetylenes is 1. The fraction of sp³-hybridized carbons (Fsp3) is 0.357. The Balaban J connectivity index is 2.52. The van der Waals surface area contributed by atoms with Crippen molar-refractivity contribution in [2.24, 2.45) is 0 Å². The molecule has 1 N–H and O–H groups in total. The number of nitrogens with one attached hydrogen (secondary N) is 1. The van der Waals surface area contributed by atoms with Crippen molar-refractivity contribution in [3.05, 3.63) is 35.4 Å². The normalized spacial score (nSPS) is 11.6.